The van der Waals surface area contributed by atoms with E-state index >= 15 is 0 Å². The second-order valence-electron chi connectivity index (χ2n) is 7.54. The molecule has 4 heterocycles. The molecule has 1 aromatic carbocycles. The Balaban J connectivity index is 0.00000135. The molecule has 0 amide bonds. The van der Waals surface area contributed by atoms with E-state index in [1.165, 1.54) is 24.8 Å². The van der Waals surface area contributed by atoms with E-state index in [-0.39, 0.29) is 12.7 Å². The van der Waals surface area contributed by atoms with Gasteiger partial charge in [0.15, 0.2) is 0 Å². The highest BCUT2D eigenvalue weighted by Gasteiger charge is 2.47. The van der Waals surface area contributed by atoms with E-state index in [1.54, 1.807) is 12.1 Å². The van der Waals surface area contributed by atoms with Crippen LogP contribution in [0.15, 0.2) is 18.2 Å². The number of piperidine rings is 1. The predicted octanol–water partition coefficient (Wildman–Crippen LogP) is 3.15. The van der Waals surface area contributed by atoms with E-state index in [1.807, 2.05) is 6.07 Å². The van der Waals surface area contributed by atoms with Gasteiger partial charge < -0.3 is 10.1 Å². The van der Waals surface area contributed by atoms with Gasteiger partial charge in [0.25, 0.3) is 0 Å². The first-order chi connectivity index (χ1) is 10.7. The Bertz CT molecular complexity index is 603. The Morgan fingerprint density at radius 1 is 1.27 bits per heavy atom. The Hall–Kier alpha value is -1.13. The van der Waals surface area contributed by atoms with E-state index in [9.17, 15) is 4.39 Å². The molecule has 120 valence electrons. The van der Waals surface area contributed by atoms with Gasteiger partial charge in [0.05, 0.1) is 12.2 Å². The van der Waals surface area contributed by atoms with Crippen molar-refractivity contribution in [3.8, 4) is 0 Å². The van der Waals surface area contributed by atoms with E-state index in [0.29, 0.717) is 18.2 Å². The summed E-state index contributed by atoms with van der Waals surface area (Å²) in [5, 5.41) is 3.49. The average Bonchev–Trinajstić information content (AvgIpc) is 3.24. The zero-order valence-corrected chi connectivity index (χ0v) is 12.9. The molecule has 0 aromatic heterocycles. The number of hydrogen-bond donors (Lipinski definition) is 1. The summed E-state index contributed by atoms with van der Waals surface area (Å²) in [6.07, 6.45) is 6.98. The number of nitrogens with zero attached hydrogens (tertiary/aromatic N) is 1. The number of anilines is 1. The van der Waals surface area contributed by atoms with Crippen LogP contribution in [-0.2, 0) is 10.2 Å². The lowest BCUT2D eigenvalue weighted by Gasteiger charge is -2.43. The van der Waals surface area contributed by atoms with E-state index < -0.39 is 0 Å². The molecule has 3 fully saturated rings. The Morgan fingerprint density at radius 2 is 2.14 bits per heavy atom. The van der Waals surface area contributed by atoms with Gasteiger partial charge in [0, 0.05) is 25.1 Å². The normalized spacial score (nSPS) is 35.8. The molecule has 0 radical (unpaired) electrons. The molecule has 3 nitrogen and oxygen atoms in total. The summed E-state index contributed by atoms with van der Waals surface area (Å²) in [6, 6.07) is 5.85. The van der Waals surface area contributed by atoms with E-state index in [2.05, 4.69) is 10.2 Å². The van der Waals surface area contributed by atoms with Crippen molar-refractivity contribution in [1.29, 1.82) is 0 Å². The first kappa shape index (κ1) is 13.3. The summed E-state index contributed by atoms with van der Waals surface area (Å²) in [4.78, 5) is 2.65. The van der Waals surface area contributed by atoms with Gasteiger partial charge in [-0.05, 0) is 69.0 Å². The van der Waals surface area contributed by atoms with Crippen molar-refractivity contribution in [3.63, 3.8) is 0 Å². The van der Waals surface area contributed by atoms with Crippen molar-refractivity contribution in [2.24, 2.45) is 0 Å². The van der Waals surface area contributed by atoms with Gasteiger partial charge in [-0.3, -0.25) is 4.90 Å². The second-order valence-corrected chi connectivity index (χ2v) is 7.54. The van der Waals surface area contributed by atoms with Crippen molar-refractivity contribution >= 4 is 5.69 Å². The third kappa shape index (κ3) is 1.86. The van der Waals surface area contributed by atoms with Gasteiger partial charge in [0.1, 0.15) is 5.82 Å². The Kier molecular flexibility index (Phi) is 2.84. The molecule has 2 bridgehead atoms. The fraction of sp³-hybridized carbons (Fsp3) is 0.667. The third-order valence-corrected chi connectivity index (χ3v) is 6.47. The summed E-state index contributed by atoms with van der Waals surface area (Å²) in [5.74, 6) is -0.106. The third-order valence-electron chi connectivity index (χ3n) is 6.47. The van der Waals surface area contributed by atoms with E-state index in [0.717, 1.165) is 38.2 Å². The molecule has 3 unspecified atom stereocenters. The minimum atomic E-state index is -0.106. The minimum Gasteiger partial charge on any atom is -0.384 e. The smallest absolute Gasteiger partial charge is 0.123 e. The number of fused-ring (bicyclic) bond motifs is 4. The summed E-state index contributed by atoms with van der Waals surface area (Å²) in [7, 11) is 0. The van der Waals surface area contributed by atoms with Gasteiger partial charge in [-0.15, -0.1) is 0 Å². The fourth-order valence-electron chi connectivity index (χ4n) is 5.19. The number of nitrogens with one attached hydrogen (secondary N) is 1. The van der Waals surface area contributed by atoms with Gasteiger partial charge in [0.2, 0.25) is 0 Å². The predicted molar refractivity (Wildman–Crippen MR) is 85.8 cm³/mol. The molecule has 1 spiro atoms. The summed E-state index contributed by atoms with van der Waals surface area (Å²) < 4.78 is 19.7. The van der Waals surface area contributed by atoms with Gasteiger partial charge in [-0.1, -0.05) is 0 Å². The topological polar surface area (TPSA) is 24.5 Å². The van der Waals surface area contributed by atoms with Crippen molar-refractivity contribution in [1.82, 2.24) is 4.90 Å². The van der Waals surface area contributed by atoms with Gasteiger partial charge in [-0.2, -0.15) is 0 Å². The van der Waals surface area contributed by atoms with Crippen LogP contribution >= 0.6 is 0 Å². The number of rotatable bonds is 1. The molecule has 0 saturated carbocycles. The number of ether oxygens (including phenoxy) is 1. The lowest BCUT2D eigenvalue weighted by molar-refractivity contribution is 0.0521. The number of likely N-dealkylation sites (tertiary alicyclic amines) is 1. The lowest BCUT2D eigenvalue weighted by atomic mass is 9.73. The highest BCUT2D eigenvalue weighted by atomic mass is 19.1. The van der Waals surface area contributed by atoms with Crippen LogP contribution in [-0.4, -0.2) is 42.8 Å². The van der Waals surface area contributed by atoms with Crippen LogP contribution in [0, 0.1) is 5.82 Å². The number of halogens is 1. The van der Waals surface area contributed by atoms with Crippen LogP contribution in [0.2, 0.25) is 0 Å². The SMILES string of the molecule is Fc1ccc2c(c1)C1(CCN(C3CC4CCC3O4)CC1)CN2.[HH]. The zero-order chi connectivity index (χ0) is 14.7. The van der Waals surface area contributed by atoms with Crippen LogP contribution < -0.4 is 5.32 Å². The molecular formula is C18H25FN2O. The molecule has 1 aromatic rings. The maximum atomic E-state index is 13.7. The van der Waals surface area contributed by atoms with Crippen molar-refractivity contribution in [3.05, 3.63) is 29.6 Å². The second kappa shape index (κ2) is 4.68. The largest absolute Gasteiger partial charge is 0.384 e. The molecule has 22 heavy (non-hydrogen) atoms. The molecule has 1 N–H and O–H groups in total. The molecule has 4 heteroatoms. The van der Waals surface area contributed by atoms with Crippen LogP contribution in [0.4, 0.5) is 10.1 Å². The highest BCUT2D eigenvalue weighted by molar-refractivity contribution is 5.60. The van der Waals surface area contributed by atoms with Gasteiger partial charge >= 0.3 is 0 Å². The minimum absolute atomic E-state index is 0. The van der Waals surface area contributed by atoms with Crippen LogP contribution in [0.1, 0.15) is 39.1 Å². The monoisotopic (exact) mass is 304 g/mol. The van der Waals surface area contributed by atoms with Gasteiger partial charge in [-0.25, -0.2) is 4.39 Å². The first-order valence-corrected chi connectivity index (χ1v) is 8.67. The summed E-state index contributed by atoms with van der Waals surface area (Å²) in [5.41, 5.74) is 2.49. The molecule has 0 aliphatic carbocycles. The van der Waals surface area contributed by atoms with E-state index in [4.69, 9.17) is 4.74 Å². The molecular weight excluding hydrogens is 279 g/mol. The standard InChI is InChI=1S/C18H23FN2O.H2/c19-12-1-3-15-14(9-12)18(11-20-15)5-7-21(8-6-18)16-10-13-2-4-17(16)22-13;/h1,3,9,13,16-17,20H,2,4-8,10-11H2;1H. The Morgan fingerprint density at radius 3 is 2.86 bits per heavy atom. The van der Waals surface area contributed by atoms with Crippen molar-refractivity contribution in [2.45, 2.75) is 55.8 Å². The zero-order valence-electron chi connectivity index (χ0n) is 12.9. The number of benzene rings is 1. The maximum absolute atomic E-state index is 13.7. The molecule has 3 atom stereocenters. The molecule has 3 saturated heterocycles. The lowest BCUT2D eigenvalue weighted by Crippen LogP contribution is -2.50. The maximum Gasteiger partial charge on any atom is 0.123 e. The van der Waals surface area contributed by atoms with Crippen LogP contribution in [0.5, 0.6) is 0 Å². The molecule has 4 aliphatic rings. The van der Waals surface area contributed by atoms with Crippen molar-refractivity contribution < 1.29 is 10.6 Å². The summed E-state index contributed by atoms with van der Waals surface area (Å²) in [6.45, 7) is 3.20. The average molecular weight is 304 g/mol. The van der Waals surface area contributed by atoms with Crippen LogP contribution in [0.25, 0.3) is 0 Å². The van der Waals surface area contributed by atoms with Crippen LogP contribution in [0.3, 0.4) is 0 Å². The molecule has 4 aliphatic heterocycles. The quantitative estimate of drug-likeness (QED) is 0.862. The Labute approximate surface area is 132 Å². The highest BCUT2D eigenvalue weighted by Crippen LogP contribution is 2.46. The molecule has 5 rings (SSSR count). The number of hydrogen-bond acceptors (Lipinski definition) is 3. The van der Waals surface area contributed by atoms with Crippen molar-refractivity contribution in [2.75, 3.05) is 25.0 Å². The summed E-state index contributed by atoms with van der Waals surface area (Å²) >= 11 is 0. The fourth-order valence-corrected chi connectivity index (χ4v) is 5.19. The first-order valence-electron chi connectivity index (χ1n) is 8.67.